The number of nitrogens with zero attached hydrogens (tertiary/aromatic N) is 3. The highest BCUT2D eigenvalue weighted by molar-refractivity contribution is 7.18. The van der Waals surface area contributed by atoms with Crippen molar-refractivity contribution in [3.63, 3.8) is 0 Å². The van der Waals surface area contributed by atoms with Crippen LogP contribution in [0, 0.1) is 6.92 Å². The molecule has 28 heavy (non-hydrogen) atoms. The summed E-state index contributed by atoms with van der Waals surface area (Å²) in [5.41, 5.74) is 2.37. The van der Waals surface area contributed by atoms with Crippen molar-refractivity contribution in [1.29, 1.82) is 0 Å². The lowest BCUT2D eigenvalue weighted by molar-refractivity contribution is -0.248. The van der Waals surface area contributed by atoms with Crippen molar-refractivity contribution in [1.82, 2.24) is 14.8 Å². The third kappa shape index (κ3) is 2.85. The van der Waals surface area contributed by atoms with Gasteiger partial charge in [-0.25, -0.2) is 9.67 Å². The number of thiazole rings is 1. The number of aliphatic hydroxyl groups is 1. The molecule has 1 aromatic carbocycles. The highest BCUT2D eigenvalue weighted by Gasteiger charge is 2.60. The number of rotatable bonds is 4. The van der Waals surface area contributed by atoms with Crippen molar-refractivity contribution in [2.75, 3.05) is 5.73 Å². The summed E-state index contributed by atoms with van der Waals surface area (Å²) in [6, 6.07) is 9.98. The van der Waals surface area contributed by atoms with Crippen molar-refractivity contribution in [3.05, 3.63) is 64.7 Å². The maximum absolute atomic E-state index is 14.0. The normalized spacial score (nSPS) is 14.5. The van der Waals surface area contributed by atoms with Crippen LogP contribution in [0.2, 0.25) is 0 Å². The molecule has 0 aliphatic carbocycles. The molecule has 4 aromatic rings. The van der Waals surface area contributed by atoms with Crippen LogP contribution in [0.25, 0.3) is 10.2 Å². The van der Waals surface area contributed by atoms with E-state index in [4.69, 9.17) is 10.2 Å². The first-order chi connectivity index (χ1) is 13.2. The molecule has 0 spiro atoms. The van der Waals surface area contributed by atoms with Crippen LogP contribution in [-0.2, 0) is 12.1 Å². The van der Waals surface area contributed by atoms with Crippen LogP contribution in [0.4, 0.5) is 19.0 Å². The molecule has 146 valence electrons. The molecule has 0 aliphatic rings. The van der Waals surface area contributed by atoms with E-state index < -0.39 is 22.3 Å². The number of anilines is 1. The lowest BCUT2D eigenvalue weighted by Gasteiger charge is -2.28. The zero-order valence-electron chi connectivity index (χ0n) is 14.6. The van der Waals surface area contributed by atoms with Gasteiger partial charge in [0.15, 0.2) is 0 Å². The second kappa shape index (κ2) is 6.35. The minimum atomic E-state index is -5.05. The van der Waals surface area contributed by atoms with Crippen molar-refractivity contribution >= 4 is 27.4 Å². The van der Waals surface area contributed by atoms with Gasteiger partial charge in [-0.3, -0.25) is 0 Å². The van der Waals surface area contributed by atoms with E-state index >= 15 is 0 Å². The highest BCUT2D eigenvalue weighted by atomic mass is 32.1. The largest absolute Gasteiger partial charge is 0.464 e. The smallest absolute Gasteiger partial charge is 0.428 e. The summed E-state index contributed by atoms with van der Waals surface area (Å²) in [4.78, 5) is 4.00. The number of hydrogen-bond donors (Lipinski definition) is 2. The molecular formula is C18H15F3N4O2S. The molecule has 3 N–H and O–H groups in total. The lowest BCUT2D eigenvalue weighted by atomic mass is 9.96. The van der Waals surface area contributed by atoms with Crippen LogP contribution in [0.5, 0.6) is 0 Å². The maximum Gasteiger partial charge on any atom is 0.428 e. The zero-order valence-corrected chi connectivity index (χ0v) is 15.4. The van der Waals surface area contributed by atoms with Crippen LogP contribution in [0.1, 0.15) is 22.1 Å². The standard InChI is InChI=1S/C18H15F3N4O2S/c1-10-6-7-11(27-10)9-25-15(22)12(8-23-25)17(26,18(19,20)21)16-24-13-4-2-3-5-14(13)28-16/h2-8,26H,9,22H2,1H3/t17-/m1/s1. The molecule has 0 saturated heterocycles. The van der Waals surface area contributed by atoms with E-state index in [-0.39, 0.29) is 12.4 Å². The Kier molecular flexibility index (Phi) is 4.20. The Balaban J connectivity index is 1.82. The molecule has 0 unspecified atom stereocenters. The molecule has 0 radical (unpaired) electrons. The van der Waals surface area contributed by atoms with E-state index in [1.807, 2.05) is 0 Å². The molecule has 3 heterocycles. The summed E-state index contributed by atoms with van der Waals surface area (Å²) in [5.74, 6) is 0.824. The van der Waals surface area contributed by atoms with Crippen LogP contribution in [0.15, 0.2) is 47.0 Å². The number of aromatic nitrogens is 3. The second-order valence-electron chi connectivity index (χ2n) is 6.31. The first-order valence-electron chi connectivity index (χ1n) is 8.22. The second-order valence-corrected chi connectivity index (χ2v) is 7.34. The summed E-state index contributed by atoms with van der Waals surface area (Å²) >= 11 is 0.759. The van der Waals surface area contributed by atoms with Gasteiger partial charge < -0.3 is 15.3 Å². The third-order valence-electron chi connectivity index (χ3n) is 4.39. The first-order valence-corrected chi connectivity index (χ1v) is 9.04. The molecule has 0 saturated carbocycles. The first kappa shape index (κ1) is 18.5. The predicted octanol–water partition coefficient (Wildman–Crippen LogP) is 3.82. The molecule has 1 atom stereocenters. The van der Waals surface area contributed by atoms with Gasteiger partial charge in [0.05, 0.1) is 22.0 Å². The quantitative estimate of drug-likeness (QED) is 0.536. The maximum atomic E-state index is 14.0. The number of benzene rings is 1. The lowest BCUT2D eigenvalue weighted by Crippen LogP contribution is -2.43. The number of nitrogens with two attached hydrogens (primary N) is 1. The Labute approximate surface area is 161 Å². The molecule has 0 aliphatic heterocycles. The number of halogens is 3. The van der Waals surface area contributed by atoms with Gasteiger partial charge >= 0.3 is 6.18 Å². The number of nitrogen functional groups attached to an aromatic ring is 1. The van der Waals surface area contributed by atoms with Crippen LogP contribution in [-0.4, -0.2) is 26.0 Å². The summed E-state index contributed by atoms with van der Waals surface area (Å²) in [6.45, 7) is 1.78. The van der Waals surface area contributed by atoms with Gasteiger partial charge in [0.2, 0.25) is 5.60 Å². The number of para-hydroxylation sites is 1. The van der Waals surface area contributed by atoms with Gasteiger partial charge in [0, 0.05) is 0 Å². The number of furan rings is 1. The van der Waals surface area contributed by atoms with Crippen LogP contribution < -0.4 is 5.73 Å². The Morgan fingerprint density at radius 2 is 1.96 bits per heavy atom. The van der Waals surface area contributed by atoms with E-state index in [2.05, 4.69) is 10.1 Å². The molecule has 0 bridgehead atoms. The van der Waals surface area contributed by atoms with E-state index in [1.165, 1.54) is 0 Å². The van der Waals surface area contributed by atoms with E-state index in [1.54, 1.807) is 43.3 Å². The van der Waals surface area contributed by atoms with Crippen molar-refractivity contribution in [3.8, 4) is 0 Å². The minimum absolute atomic E-state index is 0.0352. The van der Waals surface area contributed by atoms with Gasteiger partial charge in [0.1, 0.15) is 28.9 Å². The van der Waals surface area contributed by atoms with Crippen molar-refractivity contribution in [2.24, 2.45) is 0 Å². The van der Waals surface area contributed by atoms with Crippen molar-refractivity contribution < 1.29 is 22.7 Å². The molecular weight excluding hydrogens is 393 g/mol. The number of alkyl halides is 3. The predicted molar refractivity (Wildman–Crippen MR) is 97.9 cm³/mol. The minimum Gasteiger partial charge on any atom is -0.464 e. The fraction of sp³-hybridized carbons (Fsp3) is 0.222. The molecule has 4 rings (SSSR count). The van der Waals surface area contributed by atoms with Crippen molar-refractivity contribution in [2.45, 2.75) is 25.2 Å². The summed E-state index contributed by atoms with van der Waals surface area (Å²) in [7, 11) is 0. The Morgan fingerprint density at radius 1 is 1.21 bits per heavy atom. The van der Waals surface area contributed by atoms with Gasteiger partial charge in [-0.15, -0.1) is 11.3 Å². The number of hydrogen-bond acceptors (Lipinski definition) is 6. The molecule has 10 heteroatoms. The number of fused-ring (bicyclic) bond motifs is 1. The van der Waals surface area contributed by atoms with Crippen LogP contribution in [0.3, 0.4) is 0 Å². The SMILES string of the molecule is Cc1ccc(Cn2ncc([C@@](O)(c3nc4ccccc4s3)C(F)(F)F)c2N)o1. The summed E-state index contributed by atoms with van der Waals surface area (Å²) < 4.78 is 49.2. The van der Waals surface area contributed by atoms with Gasteiger partial charge in [0.25, 0.3) is 0 Å². The number of aryl methyl sites for hydroxylation is 1. The Hall–Kier alpha value is -2.85. The topological polar surface area (TPSA) is 90.1 Å². The zero-order chi connectivity index (χ0) is 20.1. The summed E-state index contributed by atoms with van der Waals surface area (Å²) in [6.07, 6.45) is -4.13. The fourth-order valence-electron chi connectivity index (χ4n) is 2.93. The molecule has 6 nitrogen and oxygen atoms in total. The monoisotopic (exact) mass is 408 g/mol. The Morgan fingerprint density at radius 3 is 2.61 bits per heavy atom. The average molecular weight is 408 g/mol. The summed E-state index contributed by atoms with van der Waals surface area (Å²) in [5, 5.41) is 14.2. The van der Waals surface area contributed by atoms with Gasteiger partial charge in [-0.2, -0.15) is 18.3 Å². The van der Waals surface area contributed by atoms with Crippen LogP contribution >= 0.6 is 11.3 Å². The highest BCUT2D eigenvalue weighted by Crippen LogP contribution is 2.48. The fourth-order valence-corrected chi connectivity index (χ4v) is 4.02. The van der Waals surface area contributed by atoms with E-state index in [0.717, 1.165) is 22.2 Å². The molecule has 0 amide bonds. The molecule has 3 aromatic heterocycles. The molecule has 0 fully saturated rings. The van der Waals surface area contributed by atoms with Gasteiger partial charge in [-0.1, -0.05) is 12.1 Å². The average Bonchev–Trinajstić information content (AvgIpc) is 3.33. The third-order valence-corrected chi connectivity index (χ3v) is 5.53. The van der Waals surface area contributed by atoms with E-state index in [9.17, 15) is 18.3 Å². The Bertz CT molecular complexity index is 1110. The van der Waals surface area contributed by atoms with Gasteiger partial charge in [-0.05, 0) is 31.2 Å². The van der Waals surface area contributed by atoms with E-state index in [0.29, 0.717) is 21.7 Å².